The number of thiophene rings is 1. The first-order valence-electron chi connectivity index (χ1n) is 48.3. The van der Waals surface area contributed by atoms with E-state index in [1.807, 2.05) is 157 Å². The second kappa shape index (κ2) is 32.2. The summed E-state index contributed by atoms with van der Waals surface area (Å²) in [5, 5.41) is 32.1. The average molecular weight is 1840 g/mol. The monoisotopic (exact) mass is 1840 g/mol. The SMILES string of the molecule is CC1(C)c2ccccc2-c2ccc3c(ccc4ccc5cc(-c6nc(-c7ccccc7)c7ccccc7n6)ccc5c43)c21.c1ccc(-c2nc(-c3ccc4c(ccc5c4c4ccccc4c4oc6ccccc6c54)c3)nc(-c3cccc4oc5ccccc5c34)n2)cc1.c1ccc(-c2nc(-c3ccc4c(ccc5c4c4ccccc4c4sc6ccccc6c54)c3)nc(-c3cccc4oc5ccccc5c34)n2)cc1. The van der Waals surface area contributed by atoms with Crippen LogP contribution in [0.1, 0.15) is 25.0 Å². The number of nitrogens with zero attached hydrogens (tertiary/aromatic N) is 8. The van der Waals surface area contributed by atoms with Crippen LogP contribution in [0.3, 0.4) is 0 Å². The van der Waals surface area contributed by atoms with Gasteiger partial charge in [-0.3, -0.25) is 0 Å². The molecular formula is C131H78N8O3S. The van der Waals surface area contributed by atoms with Gasteiger partial charge >= 0.3 is 0 Å². The first kappa shape index (κ1) is 81.5. The molecule has 143 heavy (non-hydrogen) atoms. The van der Waals surface area contributed by atoms with Crippen molar-refractivity contribution >= 4 is 205 Å². The van der Waals surface area contributed by atoms with Gasteiger partial charge in [0.1, 0.15) is 33.5 Å². The van der Waals surface area contributed by atoms with Crippen LogP contribution < -0.4 is 0 Å². The maximum Gasteiger partial charge on any atom is 0.164 e. The molecule has 0 unspecified atom stereocenters. The number of fused-ring (bicyclic) bond motifs is 36. The van der Waals surface area contributed by atoms with E-state index in [4.69, 9.17) is 53.1 Å². The van der Waals surface area contributed by atoms with Gasteiger partial charge < -0.3 is 13.3 Å². The lowest BCUT2D eigenvalue weighted by Crippen LogP contribution is -2.15. The predicted molar refractivity (Wildman–Crippen MR) is 593 cm³/mol. The van der Waals surface area contributed by atoms with Gasteiger partial charge in [-0.2, -0.15) is 0 Å². The highest BCUT2D eigenvalue weighted by molar-refractivity contribution is 7.27. The molecule has 7 aromatic heterocycles. The Hall–Kier alpha value is -18.6. The lowest BCUT2D eigenvalue weighted by molar-refractivity contribution is 0.666. The fourth-order valence-corrected chi connectivity index (χ4v) is 24.0. The summed E-state index contributed by atoms with van der Waals surface area (Å²) in [5.74, 6) is 4.45. The third-order valence-electron chi connectivity index (χ3n) is 29.2. The largest absolute Gasteiger partial charge is 0.456 e. The third kappa shape index (κ3) is 13.0. The van der Waals surface area contributed by atoms with E-state index in [9.17, 15) is 0 Å². The van der Waals surface area contributed by atoms with Crippen LogP contribution in [0.2, 0.25) is 0 Å². The zero-order chi connectivity index (χ0) is 94.2. The van der Waals surface area contributed by atoms with E-state index in [1.165, 1.54) is 123 Å². The van der Waals surface area contributed by atoms with Gasteiger partial charge in [-0.1, -0.05) is 390 Å². The zero-order valence-electron chi connectivity index (χ0n) is 77.3. The quantitative estimate of drug-likeness (QED) is 0.134. The van der Waals surface area contributed by atoms with Gasteiger partial charge in [0.25, 0.3) is 0 Å². The van der Waals surface area contributed by atoms with Crippen molar-refractivity contribution in [2.24, 2.45) is 0 Å². The molecule has 30 aromatic rings. The summed E-state index contributed by atoms with van der Waals surface area (Å²) < 4.78 is 21.6. The molecule has 0 fully saturated rings. The highest BCUT2D eigenvalue weighted by Crippen LogP contribution is 2.54. The van der Waals surface area contributed by atoms with E-state index in [1.54, 1.807) is 0 Å². The van der Waals surface area contributed by atoms with E-state index >= 15 is 0 Å². The van der Waals surface area contributed by atoms with Crippen LogP contribution >= 0.6 is 11.3 Å². The van der Waals surface area contributed by atoms with E-state index < -0.39 is 0 Å². The topological polar surface area (TPSA) is 143 Å². The minimum absolute atomic E-state index is 0.0548. The highest BCUT2D eigenvalue weighted by Gasteiger charge is 2.37. The lowest BCUT2D eigenvalue weighted by atomic mass is 9.79. The number of hydrogen-bond donors (Lipinski definition) is 0. The molecule has 666 valence electrons. The minimum Gasteiger partial charge on any atom is -0.456 e. The summed E-state index contributed by atoms with van der Waals surface area (Å²) in [6, 6.07) is 153. The average Bonchev–Trinajstić information content (AvgIpc) is 1.57. The smallest absolute Gasteiger partial charge is 0.164 e. The molecule has 0 saturated carbocycles. The van der Waals surface area contributed by atoms with E-state index in [-0.39, 0.29) is 5.41 Å². The fourth-order valence-electron chi connectivity index (χ4n) is 22.8. The van der Waals surface area contributed by atoms with Crippen molar-refractivity contribution in [3.05, 3.63) is 448 Å². The van der Waals surface area contributed by atoms with Gasteiger partial charge in [0.15, 0.2) is 40.8 Å². The lowest BCUT2D eigenvalue weighted by Gasteiger charge is -2.23. The zero-order valence-corrected chi connectivity index (χ0v) is 78.1. The summed E-state index contributed by atoms with van der Waals surface area (Å²) in [6.45, 7) is 4.73. The Kier molecular flexibility index (Phi) is 18.4. The van der Waals surface area contributed by atoms with Crippen molar-refractivity contribution in [3.63, 3.8) is 0 Å². The Morgan fingerprint density at radius 1 is 0.203 bits per heavy atom. The molecule has 0 spiro atoms. The summed E-state index contributed by atoms with van der Waals surface area (Å²) in [7, 11) is 0. The van der Waals surface area contributed by atoms with E-state index in [0.717, 1.165) is 149 Å². The maximum atomic E-state index is 6.48. The molecular weight excluding hydrogens is 1770 g/mol. The van der Waals surface area contributed by atoms with Crippen molar-refractivity contribution in [3.8, 4) is 102 Å². The molecule has 7 heterocycles. The number of rotatable bonds is 8. The number of para-hydroxylation sites is 4. The van der Waals surface area contributed by atoms with Crippen molar-refractivity contribution < 1.29 is 13.3 Å². The van der Waals surface area contributed by atoms with Crippen LogP contribution in [0.4, 0.5) is 0 Å². The summed E-state index contributed by atoms with van der Waals surface area (Å²) in [4.78, 5) is 40.7. The standard InChI is InChI=1S/C45H25N3O2.C45H25N3OS.C41H28N2/c1-2-11-26(12-3-1)43-46-44(48-45(47-43)35-17-10-20-38-40(35)32-15-6-8-18-36(32)49-38)28-22-23-29-27(25-28)21-24-34-39(29)30-13-4-5-14-31(30)42-41(34)33-16-7-9-19-37(33)50-42;1-2-11-26(12-3-1)43-46-44(48-45(47-43)35-17-10-19-37-40(35)32-15-6-8-18-36(32)49-37)28-22-23-29-27(25-28)21-24-34-39(29)30-13-4-5-14-31(30)42-41(34)33-16-7-9-20-38(33)50-42;1-41(2)35-14-8-6-12-30(35)32-23-22-31-33(38(32)41)21-18-25-16-17-27-24-28(19-20-29(27)37(25)31)40-42-36-15-9-7-13-34(36)39(43-40)26-10-4-3-5-11-26/h2*1-25H;3-24H,1-2H3. The van der Waals surface area contributed by atoms with Crippen molar-refractivity contribution in [2.75, 3.05) is 0 Å². The highest BCUT2D eigenvalue weighted by atomic mass is 32.1. The van der Waals surface area contributed by atoms with Crippen LogP contribution in [0.15, 0.2) is 450 Å². The van der Waals surface area contributed by atoms with Gasteiger partial charge in [0, 0.05) is 119 Å². The molecule has 0 saturated heterocycles. The molecule has 12 heteroatoms. The first-order valence-corrected chi connectivity index (χ1v) is 49.1. The Balaban J connectivity index is 0.000000103. The van der Waals surface area contributed by atoms with Crippen LogP contribution in [0, 0.1) is 0 Å². The number of furan rings is 3. The van der Waals surface area contributed by atoms with Gasteiger partial charge in [0.2, 0.25) is 0 Å². The van der Waals surface area contributed by atoms with Crippen LogP contribution in [0.5, 0.6) is 0 Å². The maximum absolute atomic E-state index is 6.48. The van der Waals surface area contributed by atoms with E-state index in [0.29, 0.717) is 34.9 Å². The van der Waals surface area contributed by atoms with Crippen LogP contribution in [-0.4, -0.2) is 39.9 Å². The number of aromatic nitrogens is 8. The predicted octanol–water partition coefficient (Wildman–Crippen LogP) is 35.5. The molecule has 1 aliphatic rings. The molecule has 0 radical (unpaired) electrons. The Morgan fingerprint density at radius 3 is 1.17 bits per heavy atom. The summed E-state index contributed by atoms with van der Waals surface area (Å²) in [5.41, 5.74) is 20.2. The summed E-state index contributed by atoms with van der Waals surface area (Å²) >= 11 is 1.88. The number of hydrogen-bond acceptors (Lipinski definition) is 12. The second-order valence-electron chi connectivity index (χ2n) is 37.6. The molecule has 11 nitrogen and oxygen atoms in total. The molecule has 23 aromatic carbocycles. The molecule has 0 aliphatic heterocycles. The third-order valence-corrected chi connectivity index (χ3v) is 30.4. The molecule has 0 amide bonds. The molecule has 1 aliphatic carbocycles. The van der Waals surface area contributed by atoms with Gasteiger partial charge in [-0.05, 0) is 169 Å². The van der Waals surface area contributed by atoms with Gasteiger partial charge in [-0.15, -0.1) is 11.3 Å². The van der Waals surface area contributed by atoms with Crippen molar-refractivity contribution in [2.45, 2.75) is 19.3 Å². The first-order chi connectivity index (χ1) is 70.6. The molecule has 0 N–H and O–H groups in total. The molecule has 0 atom stereocenters. The summed E-state index contributed by atoms with van der Waals surface area (Å²) in [6.07, 6.45) is 0. The molecule has 31 rings (SSSR count). The van der Waals surface area contributed by atoms with Gasteiger partial charge in [0.05, 0.1) is 11.2 Å². The van der Waals surface area contributed by atoms with E-state index in [2.05, 4.69) is 305 Å². The Morgan fingerprint density at radius 2 is 0.587 bits per heavy atom. The van der Waals surface area contributed by atoms with Gasteiger partial charge in [-0.25, -0.2) is 39.9 Å². The van der Waals surface area contributed by atoms with Crippen LogP contribution in [-0.2, 0) is 5.41 Å². The van der Waals surface area contributed by atoms with Crippen molar-refractivity contribution in [1.29, 1.82) is 0 Å². The second-order valence-corrected chi connectivity index (χ2v) is 38.7. The Bertz CT molecular complexity index is 10200. The molecule has 0 bridgehead atoms. The van der Waals surface area contributed by atoms with Crippen molar-refractivity contribution in [1.82, 2.24) is 39.9 Å². The number of benzene rings is 23. The van der Waals surface area contributed by atoms with Crippen LogP contribution in [0.25, 0.3) is 296 Å². The normalized spacial score (nSPS) is 12.5. The minimum atomic E-state index is -0.0548. The Labute approximate surface area is 821 Å². The fraction of sp³-hybridized carbons (Fsp3) is 0.0229.